The average molecular weight is 309 g/mol. The Kier molecular flexibility index (Phi) is 3.48. The van der Waals surface area contributed by atoms with Crippen LogP contribution in [0.5, 0.6) is 0 Å². The van der Waals surface area contributed by atoms with Crippen molar-refractivity contribution in [2.45, 2.75) is 19.9 Å². The smallest absolute Gasteiger partial charge is 0.127 e. The fraction of sp³-hybridized carbons (Fsp3) is 0.357. The van der Waals surface area contributed by atoms with Gasteiger partial charge in [0, 0.05) is 16.0 Å². The molecule has 2 unspecified atom stereocenters. The first-order chi connectivity index (χ1) is 8.45. The van der Waals surface area contributed by atoms with Gasteiger partial charge in [-0.2, -0.15) is 0 Å². The lowest BCUT2D eigenvalue weighted by Gasteiger charge is -2.32. The molecule has 1 aliphatic heterocycles. The number of allylic oxidation sites excluding steroid dienone is 1. The molecule has 96 valence electrons. The van der Waals surface area contributed by atoms with E-state index in [0.29, 0.717) is 5.84 Å². The molecule has 18 heavy (non-hydrogen) atoms. The summed E-state index contributed by atoms with van der Waals surface area (Å²) in [5.41, 5.74) is 9.01. The van der Waals surface area contributed by atoms with Gasteiger partial charge in [0.15, 0.2) is 0 Å². The summed E-state index contributed by atoms with van der Waals surface area (Å²) >= 11 is 3.65. The zero-order chi connectivity index (χ0) is 13.4. The van der Waals surface area contributed by atoms with Crippen LogP contribution >= 0.6 is 15.9 Å². The summed E-state index contributed by atoms with van der Waals surface area (Å²) < 4.78 is 6.36. The van der Waals surface area contributed by atoms with Crippen molar-refractivity contribution >= 4 is 21.8 Å². The number of methoxy groups -OCH3 is 1. The number of hydrogen-bond acceptors (Lipinski definition) is 3. The van der Waals surface area contributed by atoms with Crippen molar-refractivity contribution in [1.82, 2.24) is 0 Å². The monoisotopic (exact) mass is 308 g/mol. The average Bonchev–Trinajstić information content (AvgIpc) is 2.29. The van der Waals surface area contributed by atoms with Crippen LogP contribution in [-0.2, 0) is 4.74 Å². The molecule has 2 aliphatic rings. The van der Waals surface area contributed by atoms with E-state index < -0.39 is 0 Å². The standard InChI is InChI=1S/C14H17BrN2O/c1-7(2)11-12(15)10-6-9(18-4)5-8(3)13(10)17-14(11)16/h5-6,10,13H,1H2,2-4H3,(H2,16,17). The Bertz CT molecular complexity index is 526. The SMILES string of the molecule is C=C(C)C1=C(Br)C2C=C(OC)C=C(C)C2N=C1N. The van der Waals surface area contributed by atoms with Crippen molar-refractivity contribution in [3.05, 3.63) is 45.7 Å². The van der Waals surface area contributed by atoms with Crippen LogP contribution in [0.4, 0.5) is 0 Å². The van der Waals surface area contributed by atoms with Gasteiger partial charge in [-0.1, -0.05) is 22.5 Å². The number of nitrogens with two attached hydrogens (primary N) is 1. The molecule has 0 aromatic heterocycles. The Morgan fingerprint density at radius 1 is 1.56 bits per heavy atom. The van der Waals surface area contributed by atoms with E-state index in [1.807, 2.05) is 19.9 Å². The number of ether oxygens (including phenoxy) is 1. The highest BCUT2D eigenvalue weighted by atomic mass is 79.9. The largest absolute Gasteiger partial charge is 0.497 e. The molecule has 2 rings (SSSR count). The summed E-state index contributed by atoms with van der Waals surface area (Å²) in [5, 5.41) is 0. The minimum absolute atomic E-state index is 0.0568. The number of fused-ring (bicyclic) bond motifs is 1. The predicted octanol–water partition coefficient (Wildman–Crippen LogP) is 3.06. The fourth-order valence-electron chi connectivity index (χ4n) is 2.36. The lowest BCUT2D eigenvalue weighted by Crippen LogP contribution is -2.33. The maximum atomic E-state index is 6.03. The van der Waals surface area contributed by atoms with Crippen LogP contribution in [0.2, 0.25) is 0 Å². The second kappa shape index (κ2) is 4.76. The molecular formula is C14H17BrN2O. The third-order valence-electron chi connectivity index (χ3n) is 3.25. The van der Waals surface area contributed by atoms with Gasteiger partial charge in [-0.15, -0.1) is 0 Å². The van der Waals surface area contributed by atoms with Crippen LogP contribution in [0.25, 0.3) is 0 Å². The molecule has 2 atom stereocenters. The van der Waals surface area contributed by atoms with Crippen LogP contribution in [0.15, 0.2) is 50.7 Å². The molecule has 0 aromatic rings. The molecule has 0 saturated heterocycles. The van der Waals surface area contributed by atoms with Crippen LogP contribution in [0.3, 0.4) is 0 Å². The highest BCUT2D eigenvalue weighted by Gasteiger charge is 2.33. The van der Waals surface area contributed by atoms with E-state index in [0.717, 1.165) is 27.0 Å². The third kappa shape index (κ3) is 2.05. The highest BCUT2D eigenvalue weighted by Crippen LogP contribution is 2.40. The quantitative estimate of drug-likeness (QED) is 0.852. The summed E-state index contributed by atoms with van der Waals surface area (Å²) in [6.07, 6.45) is 4.07. The molecule has 0 saturated carbocycles. The molecule has 1 heterocycles. The minimum Gasteiger partial charge on any atom is -0.497 e. The minimum atomic E-state index is 0.0568. The molecule has 3 nitrogen and oxygen atoms in total. The summed E-state index contributed by atoms with van der Waals surface area (Å²) in [5.74, 6) is 1.56. The van der Waals surface area contributed by atoms with Crippen LogP contribution in [-0.4, -0.2) is 19.0 Å². The van der Waals surface area contributed by atoms with Gasteiger partial charge < -0.3 is 10.5 Å². The number of dihydropyridines is 1. The van der Waals surface area contributed by atoms with Crippen LogP contribution in [0, 0.1) is 5.92 Å². The van der Waals surface area contributed by atoms with E-state index in [-0.39, 0.29) is 12.0 Å². The van der Waals surface area contributed by atoms with E-state index in [9.17, 15) is 0 Å². The second-order valence-electron chi connectivity index (χ2n) is 4.65. The zero-order valence-corrected chi connectivity index (χ0v) is 12.4. The fourth-order valence-corrected chi connectivity index (χ4v) is 3.28. The van der Waals surface area contributed by atoms with Crippen molar-refractivity contribution in [3.8, 4) is 0 Å². The van der Waals surface area contributed by atoms with Gasteiger partial charge in [-0.05, 0) is 37.1 Å². The number of aliphatic imine (C=N–C) groups is 1. The molecule has 0 fully saturated rings. The number of hydrogen-bond donors (Lipinski definition) is 1. The Labute approximate surface area is 116 Å². The number of nitrogens with zero attached hydrogens (tertiary/aromatic N) is 1. The van der Waals surface area contributed by atoms with Crippen molar-refractivity contribution in [2.24, 2.45) is 16.6 Å². The summed E-state index contributed by atoms with van der Waals surface area (Å²) in [6, 6.07) is 0.0568. The molecule has 0 aromatic carbocycles. The first-order valence-electron chi connectivity index (χ1n) is 5.79. The van der Waals surface area contributed by atoms with Gasteiger partial charge in [0.2, 0.25) is 0 Å². The lowest BCUT2D eigenvalue weighted by atomic mass is 9.84. The molecular weight excluding hydrogens is 292 g/mol. The maximum Gasteiger partial charge on any atom is 0.127 e. The molecule has 0 spiro atoms. The normalized spacial score (nSPS) is 27.0. The van der Waals surface area contributed by atoms with E-state index in [4.69, 9.17) is 10.5 Å². The summed E-state index contributed by atoms with van der Waals surface area (Å²) in [4.78, 5) is 4.58. The van der Waals surface area contributed by atoms with E-state index in [1.54, 1.807) is 7.11 Å². The zero-order valence-electron chi connectivity index (χ0n) is 10.8. The van der Waals surface area contributed by atoms with Gasteiger partial charge in [-0.25, -0.2) is 0 Å². The lowest BCUT2D eigenvalue weighted by molar-refractivity contribution is 0.298. The van der Waals surface area contributed by atoms with E-state index in [1.165, 1.54) is 0 Å². The van der Waals surface area contributed by atoms with E-state index in [2.05, 4.69) is 33.6 Å². The Hall–Kier alpha value is -1.29. The topological polar surface area (TPSA) is 47.6 Å². The first-order valence-corrected chi connectivity index (χ1v) is 6.58. The molecule has 0 radical (unpaired) electrons. The summed E-state index contributed by atoms with van der Waals surface area (Å²) in [7, 11) is 1.67. The van der Waals surface area contributed by atoms with Gasteiger partial charge >= 0.3 is 0 Å². The maximum absolute atomic E-state index is 6.03. The molecule has 2 N–H and O–H groups in total. The van der Waals surface area contributed by atoms with Gasteiger partial charge in [-0.3, -0.25) is 4.99 Å². The van der Waals surface area contributed by atoms with Crippen molar-refractivity contribution < 1.29 is 4.74 Å². The second-order valence-corrected chi connectivity index (χ2v) is 5.50. The molecule has 0 amide bonds. The van der Waals surface area contributed by atoms with E-state index >= 15 is 0 Å². The van der Waals surface area contributed by atoms with Crippen LogP contribution in [0.1, 0.15) is 13.8 Å². The first kappa shape index (κ1) is 13.1. The third-order valence-corrected chi connectivity index (χ3v) is 4.17. The van der Waals surface area contributed by atoms with Crippen LogP contribution < -0.4 is 5.73 Å². The van der Waals surface area contributed by atoms with Gasteiger partial charge in [0.05, 0.1) is 13.2 Å². The van der Waals surface area contributed by atoms with Gasteiger partial charge in [0.25, 0.3) is 0 Å². The Morgan fingerprint density at radius 3 is 2.78 bits per heavy atom. The Morgan fingerprint density at radius 2 is 2.22 bits per heavy atom. The summed E-state index contributed by atoms with van der Waals surface area (Å²) in [6.45, 7) is 7.94. The highest BCUT2D eigenvalue weighted by molar-refractivity contribution is 9.11. The van der Waals surface area contributed by atoms with Gasteiger partial charge in [0.1, 0.15) is 11.6 Å². The van der Waals surface area contributed by atoms with Crippen molar-refractivity contribution in [1.29, 1.82) is 0 Å². The predicted molar refractivity (Wildman–Crippen MR) is 78.5 cm³/mol. The number of amidine groups is 1. The number of halogens is 1. The molecule has 0 bridgehead atoms. The number of rotatable bonds is 2. The molecule has 4 heteroatoms. The van der Waals surface area contributed by atoms with Crippen molar-refractivity contribution in [3.63, 3.8) is 0 Å². The Balaban J connectivity index is 2.52. The molecule has 1 aliphatic carbocycles. The van der Waals surface area contributed by atoms with Crippen molar-refractivity contribution in [2.75, 3.05) is 7.11 Å².